The Kier molecular flexibility index (Phi) is 6.37. The van der Waals surface area contributed by atoms with E-state index in [-0.39, 0.29) is 18.4 Å². The second-order valence-electron chi connectivity index (χ2n) is 8.61. The van der Waals surface area contributed by atoms with E-state index in [1.165, 1.54) is 18.2 Å². The third-order valence-corrected chi connectivity index (χ3v) is 7.94. The van der Waals surface area contributed by atoms with Crippen molar-refractivity contribution in [3.8, 4) is 0 Å². The fraction of sp³-hybridized carbons (Fsp3) is 0.375. The van der Waals surface area contributed by atoms with Crippen molar-refractivity contribution in [3.63, 3.8) is 0 Å². The minimum absolute atomic E-state index is 0.0126. The maximum atomic E-state index is 13.3. The first kappa shape index (κ1) is 23.5. The van der Waals surface area contributed by atoms with E-state index in [0.717, 1.165) is 41.3 Å². The van der Waals surface area contributed by atoms with Gasteiger partial charge in [-0.25, -0.2) is 8.42 Å². The number of sulfone groups is 1. The normalized spacial score (nSPS) is 18.8. The van der Waals surface area contributed by atoms with Crippen LogP contribution in [0.25, 0.3) is 0 Å². The van der Waals surface area contributed by atoms with E-state index < -0.39 is 32.4 Å². The first-order chi connectivity index (χ1) is 15.5. The van der Waals surface area contributed by atoms with Crippen LogP contribution < -0.4 is 5.73 Å². The standard InChI is InChI=1S/C24H26F3N3O2S/c1-30-15-22(23(29-30)24(25,26)27)33(31,32)12-11-17-7-8-18-9-10-21(28)20(19(18)13-17)14-16-5-3-2-4-6-16/h2-8,13,15,20-21H,9-12,14,28H2,1H3. The number of nitrogens with two attached hydrogens (primary N) is 1. The molecule has 0 saturated heterocycles. The lowest BCUT2D eigenvalue weighted by molar-refractivity contribution is -0.143. The van der Waals surface area contributed by atoms with Gasteiger partial charge < -0.3 is 5.73 Å². The van der Waals surface area contributed by atoms with Crippen molar-refractivity contribution in [3.05, 3.63) is 82.7 Å². The van der Waals surface area contributed by atoms with Crippen molar-refractivity contribution < 1.29 is 21.6 Å². The number of alkyl halides is 3. The van der Waals surface area contributed by atoms with Gasteiger partial charge in [0.1, 0.15) is 4.90 Å². The Balaban J connectivity index is 1.57. The van der Waals surface area contributed by atoms with E-state index in [2.05, 4.69) is 17.2 Å². The van der Waals surface area contributed by atoms with Crippen molar-refractivity contribution in [2.45, 2.75) is 48.7 Å². The predicted octanol–water partition coefficient (Wildman–Crippen LogP) is 4.06. The molecule has 2 unspecified atom stereocenters. The van der Waals surface area contributed by atoms with Crippen LogP contribution in [-0.2, 0) is 42.3 Å². The molecule has 0 spiro atoms. The van der Waals surface area contributed by atoms with Crippen LogP contribution in [0, 0.1) is 0 Å². The van der Waals surface area contributed by atoms with E-state index in [1.807, 2.05) is 36.4 Å². The molecular weight excluding hydrogens is 451 g/mol. The number of halogens is 3. The van der Waals surface area contributed by atoms with E-state index in [1.54, 1.807) is 0 Å². The molecule has 0 amide bonds. The molecule has 0 saturated carbocycles. The van der Waals surface area contributed by atoms with Gasteiger partial charge in [0.25, 0.3) is 0 Å². The number of nitrogens with zero attached hydrogens (tertiary/aromatic N) is 2. The van der Waals surface area contributed by atoms with Crippen LogP contribution in [0.4, 0.5) is 13.2 Å². The number of fused-ring (bicyclic) bond motifs is 1. The molecule has 1 aliphatic carbocycles. The average molecular weight is 478 g/mol. The summed E-state index contributed by atoms with van der Waals surface area (Å²) in [5, 5.41) is 3.32. The highest BCUT2D eigenvalue weighted by Crippen LogP contribution is 2.35. The first-order valence-corrected chi connectivity index (χ1v) is 12.4. The Bertz CT molecular complexity index is 1240. The quantitative estimate of drug-likeness (QED) is 0.581. The van der Waals surface area contributed by atoms with Gasteiger partial charge in [-0.15, -0.1) is 0 Å². The topological polar surface area (TPSA) is 78.0 Å². The monoisotopic (exact) mass is 477 g/mol. The molecule has 2 aromatic carbocycles. The van der Waals surface area contributed by atoms with E-state index in [0.29, 0.717) is 0 Å². The molecule has 0 radical (unpaired) electrons. The summed E-state index contributed by atoms with van der Waals surface area (Å²) < 4.78 is 66.1. The summed E-state index contributed by atoms with van der Waals surface area (Å²) in [6.07, 6.45) is -1.31. The Labute approximate surface area is 191 Å². The molecule has 1 heterocycles. The van der Waals surface area contributed by atoms with Gasteiger partial charge in [0, 0.05) is 25.2 Å². The zero-order valence-corrected chi connectivity index (χ0v) is 19.0. The second-order valence-corrected chi connectivity index (χ2v) is 10.7. The molecule has 2 atom stereocenters. The summed E-state index contributed by atoms with van der Waals surface area (Å²) in [7, 11) is -2.90. The summed E-state index contributed by atoms with van der Waals surface area (Å²) >= 11 is 0. The van der Waals surface area contributed by atoms with Crippen LogP contribution in [0.5, 0.6) is 0 Å². The summed E-state index contributed by atoms with van der Waals surface area (Å²) in [5.74, 6) is -0.335. The third kappa shape index (κ3) is 5.14. The number of hydrogen-bond donors (Lipinski definition) is 1. The van der Waals surface area contributed by atoms with Gasteiger partial charge in [-0.2, -0.15) is 18.3 Å². The molecule has 0 bridgehead atoms. The van der Waals surface area contributed by atoms with Gasteiger partial charge in [0.05, 0.1) is 5.75 Å². The molecular formula is C24H26F3N3O2S. The van der Waals surface area contributed by atoms with Gasteiger partial charge in [0.15, 0.2) is 15.5 Å². The summed E-state index contributed by atoms with van der Waals surface area (Å²) in [6.45, 7) is 0. The lowest BCUT2D eigenvalue weighted by atomic mass is 9.76. The number of rotatable bonds is 6. The Morgan fingerprint density at radius 3 is 2.55 bits per heavy atom. The Morgan fingerprint density at radius 1 is 1.12 bits per heavy atom. The van der Waals surface area contributed by atoms with Crippen LogP contribution in [0.1, 0.15) is 40.3 Å². The minimum atomic E-state index is -4.84. The van der Waals surface area contributed by atoms with Crippen LogP contribution >= 0.6 is 0 Å². The van der Waals surface area contributed by atoms with Crippen molar-refractivity contribution in [1.29, 1.82) is 0 Å². The van der Waals surface area contributed by atoms with Crippen molar-refractivity contribution in [2.75, 3.05) is 5.75 Å². The zero-order chi connectivity index (χ0) is 23.8. The zero-order valence-electron chi connectivity index (χ0n) is 18.2. The molecule has 3 aromatic rings. The van der Waals surface area contributed by atoms with Crippen LogP contribution in [-0.4, -0.2) is 30.0 Å². The molecule has 1 aromatic heterocycles. The van der Waals surface area contributed by atoms with Crippen LogP contribution in [0.3, 0.4) is 0 Å². The van der Waals surface area contributed by atoms with Crippen molar-refractivity contribution in [2.24, 2.45) is 12.8 Å². The van der Waals surface area contributed by atoms with Gasteiger partial charge >= 0.3 is 6.18 Å². The molecule has 5 nitrogen and oxygen atoms in total. The number of aryl methyl sites for hydroxylation is 3. The minimum Gasteiger partial charge on any atom is -0.327 e. The van der Waals surface area contributed by atoms with Crippen molar-refractivity contribution in [1.82, 2.24) is 9.78 Å². The summed E-state index contributed by atoms with van der Waals surface area (Å²) in [4.78, 5) is -0.778. The first-order valence-electron chi connectivity index (χ1n) is 10.8. The molecule has 33 heavy (non-hydrogen) atoms. The van der Waals surface area contributed by atoms with E-state index in [4.69, 9.17) is 5.73 Å². The maximum Gasteiger partial charge on any atom is 0.436 e. The summed E-state index contributed by atoms with van der Waals surface area (Å²) in [5.41, 5.74) is 9.32. The second kappa shape index (κ2) is 8.95. The smallest absolute Gasteiger partial charge is 0.327 e. The highest BCUT2D eigenvalue weighted by molar-refractivity contribution is 7.91. The number of benzene rings is 2. The Hall–Kier alpha value is -2.65. The SMILES string of the molecule is Cn1cc(S(=O)(=O)CCc2ccc3c(c2)C(Cc2ccccc2)C(N)CC3)c(C(F)(F)F)n1. The highest BCUT2D eigenvalue weighted by Gasteiger charge is 2.40. The third-order valence-electron chi connectivity index (χ3n) is 6.23. The predicted molar refractivity (Wildman–Crippen MR) is 120 cm³/mol. The van der Waals surface area contributed by atoms with Crippen LogP contribution in [0.15, 0.2) is 59.6 Å². The van der Waals surface area contributed by atoms with Gasteiger partial charge in [-0.05, 0) is 47.9 Å². The van der Waals surface area contributed by atoms with Crippen molar-refractivity contribution >= 4 is 9.84 Å². The largest absolute Gasteiger partial charge is 0.436 e. The van der Waals surface area contributed by atoms with Crippen LogP contribution in [0.2, 0.25) is 0 Å². The fourth-order valence-electron chi connectivity index (χ4n) is 4.51. The molecule has 1 aliphatic rings. The lowest BCUT2D eigenvalue weighted by Crippen LogP contribution is -2.34. The van der Waals surface area contributed by atoms with Gasteiger partial charge in [-0.3, -0.25) is 4.68 Å². The average Bonchev–Trinajstić information content (AvgIpc) is 3.18. The highest BCUT2D eigenvalue weighted by atomic mass is 32.2. The summed E-state index contributed by atoms with van der Waals surface area (Å²) in [6, 6.07) is 15.9. The Morgan fingerprint density at radius 2 is 1.85 bits per heavy atom. The number of aromatic nitrogens is 2. The maximum absolute atomic E-state index is 13.3. The molecule has 2 N–H and O–H groups in total. The molecule has 176 valence electrons. The van der Waals surface area contributed by atoms with E-state index in [9.17, 15) is 21.6 Å². The molecule has 4 rings (SSSR count). The molecule has 9 heteroatoms. The molecule has 0 aliphatic heterocycles. The number of hydrogen-bond acceptors (Lipinski definition) is 4. The van der Waals surface area contributed by atoms with Gasteiger partial charge in [0.2, 0.25) is 0 Å². The van der Waals surface area contributed by atoms with Gasteiger partial charge in [-0.1, -0.05) is 48.5 Å². The lowest BCUT2D eigenvalue weighted by Gasteiger charge is -2.32. The van der Waals surface area contributed by atoms with E-state index >= 15 is 0 Å². The molecule has 0 fully saturated rings. The fourth-order valence-corrected chi connectivity index (χ4v) is 6.00.